The molecule has 19 heavy (non-hydrogen) atoms. The Morgan fingerprint density at radius 3 is 3.05 bits per heavy atom. The smallest absolute Gasteiger partial charge is 0.318 e. The van der Waals surface area contributed by atoms with Crippen molar-refractivity contribution in [1.82, 2.24) is 20.5 Å². The van der Waals surface area contributed by atoms with E-state index in [0.29, 0.717) is 19.6 Å². The summed E-state index contributed by atoms with van der Waals surface area (Å²) in [6.45, 7) is 3.50. The second-order valence-electron chi connectivity index (χ2n) is 4.38. The predicted octanol–water partition coefficient (Wildman–Crippen LogP) is 0.953. The second kappa shape index (κ2) is 6.51. The lowest BCUT2D eigenvalue weighted by molar-refractivity contribution is -0.124. The number of rotatable bonds is 4. The van der Waals surface area contributed by atoms with Gasteiger partial charge in [0.1, 0.15) is 6.04 Å². The number of carbonyl (C=O) groups is 2. The van der Waals surface area contributed by atoms with Crippen molar-refractivity contribution in [3.05, 3.63) is 16.6 Å². The number of carbonyl (C=O) groups excluding carboxylic acids is 2. The fraction of sp³-hybridized carbons (Fsp3) is 0.583. The Morgan fingerprint density at radius 2 is 2.37 bits per heavy atom. The Labute approximate surface area is 116 Å². The zero-order valence-electron chi connectivity index (χ0n) is 10.9. The topological polar surface area (TPSA) is 74.3 Å². The molecule has 0 aromatic carbocycles. The van der Waals surface area contributed by atoms with Gasteiger partial charge in [0, 0.05) is 18.5 Å². The summed E-state index contributed by atoms with van der Waals surface area (Å²) in [6.07, 6.45) is 1.59. The number of nitrogens with one attached hydrogen (secondary N) is 2. The van der Waals surface area contributed by atoms with Gasteiger partial charge in [-0.15, -0.1) is 11.3 Å². The van der Waals surface area contributed by atoms with Gasteiger partial charge in [-0.2, -0.15) is 0 Å². The lowest BCUT2D eigenvalue weighted by Gasteiger charge is -2.23. The third-order valence-corrected chi connectivity index (χ3v) is 3.71. The number of hydrogen-bond acceptors (Lipinski definition) is 4. The lowest BCUT2D eigenvalue weighted by atomic mass is 10.2. The van der Waals surface area contributed by atoms with Crippen LogP contribution in [0.2, 0.25) is 0 Å². The average Bonchev–Trinajstić information content (AvgIpc) is 3.07. The molecule has 3 amide bonds. The summed E-state index contributed by atoms with van der Waals surface area (Å²) in [5.74, 6) is -0.100. The van der Waals surface area contributed by atoms with Crippen molar-refractivity contribution in [2.75, 3.05) is 13.1 Å². The van der Waals surface area contributed by atoms with Gasteiger partial charge in [-0.1, -0.05) is 0 Å². The molecular formula is C12H18N4O2S. The number of thiazole rings is 1. The molecule has 1 aliphatic rings. The highest BCUT2D eigenvalue weighted by Crippen LogP contribution is 2.17. The fourth-order valence-corrected chi connectivity index (χ4v) is 2.71. The van der Waals surface area contributed by atoms with Crippen LogP contribution in [-0.4, -0.2) is 41.0 Å². The van der Waals surface area contributed by atoms with E-state index in [1.165, 1.54) is 11.3 Å². The molecule has 6 nitrogen and oxygen atoms in total. The van der Waals surface area contributed by atoms with E-state index >= 15 is 0 Å². The number of likely N-dealkylation sites (tertiary alicyclic amines) is 1. The van der Waals surface area contributed by atoms with Gasteiger partial charge in [0.05, 0.1) is 17.7 Å². The molecule has 0 saturated carbocycles. The highest BCUT2D eigenvalue weighted by Gasteiger charge is 2.33. The molecule has 0 spiro atoms. The molecule has 0 radical (unpaired) electrons. The minimum Gasteiger partial charge on any atom is -0.349 e. The standard InChI is InChI=1S/C12H18N4O2S/c1-2-13-12(18)16-5-3-4-10(16)11(17)14-6-9-7-19-8-15-9/h7-8,10H,2-6H2,1H3,(H,13,18)(H,14,17). The maximum atomic E-state index is 12.1. The van der Waals surface area contributed by atoms with Crippen LogP contribution in [0.3, 0.4) is 0 Å². The average molecular weight is 282 g/mol. The van der Waals surface area contributed by atoms with Gasteiger partial charge in [-0.05, 0) is 19.8 Å². The van der Waals surface area contributed by atoms with Gasteiger partial charge in [-0.3, -0.25) is 4.79 Å². The number of urea groups is 1. The SMILES string of the molecule is CCNC(=O)N1CCCC1C(=O)NCc1cscn1. The quantitative estimate of drug-likeness (QED) is 0.863. The summed E-state index contributed by atoms with van der Waals surface area (Å²) in [7, 11) is 0. The van der Waals surface area contributed by atoms with Crippen molar-refractivity contribution in [2.45, 2.75) is 32.4 Å². The summed E-state index contributed by atoms with van der Waals surface area (Å²) in [4.78, 5) is 29.6. The van der Waals surface area contributed by atoms with Crippen LogP contribution in [0.4, 0.5) is 4.79 Å². The number of nitrogens with zero attached hydrogens (tertiary/aromatic N) is 2. The first-order chi connectivity index (χ1) is 9.22. The number of amides is 3. The number of hydrogen-bond donors (Lipinski definition) is 2. The highest BCUT2D eigenvalue weighted by atomic mass is 32.1. The minimum atomic E-state index is -0.356. The Bertz CT molecular complexity index is 435. The Morgan fingerprint density at radius 1 is 1.53 bits per heavy atom. The second-order valence-corrected chi connectivity index (χ2v) is 5.10. The molecule has 2 heterocycles. The summed E-state index contributed by atoms with van der Waals surface area (Å²) < 4.78 is 0. The van der Waals surface area contributed by atoms with Crippen molar-refractivity contribution >= 4 is 23.3 Å². The highest BCUT2D eigenvalue weighted by molar-refractivity contribution is 7.07. The predicted molar refractivity (Wildman–Crippen MR) is 72.8 cm³/mol. The van der Waals surface area contributed by atoms with Crippen LogP contribution in [0.1, 0.15) is 25.5 Å². The van der Waals surface area contributed by atoms with Crippen LogP contribution >= 0.6 is 11.3 Å². The third-order valence-electron chi connectivity index (χ3n) is 3.07. The molecule has 1 aromatic heterocycles. The molecule has 7 heteroatoms. The monoisotopic (exact) mass is 282 g/mol. The van der Waals surface area contributed by atoms with Crippen LogP contribution in [0.5, 0.6) is 0 Å². The van der Waals surface area contributed by atoms with Crippen LogP contribution in [0.25, 0.3) is 0 Å². The van der Waals surface area contributed by atoms with E-state index in [2.05, 4.69) is 15.6 Å². The van der Waals surface area contributed by atoms with Crippen LogP contribution in [0, 0.1) is 0 Å². The van der Waals surface area contributed by atoms with Crippen molar-refractivity contribution in [3.63, 3.8) is 0 Å². The van der Waals surface area contributed by atoms with E-state index in [4.69, 9.17) is 0 Å². The summed E-state index contributed by atoms with van der Waals surface area (Å²) in [5.41, 5.74) is 2.58. The number of aromatic nitrogens is 1. The van der Waals surface area contributed by atoms with Crippen molar-refractivity contribution in [3.8, 4) is 0 Å². The first-order valence-electron chi connectivity index (χ1n) is 6.41. The third kappa shape index (κ3) is 3.44. The zero-order valence-corrected chi connectivity index (χ0v) is 11.7. The van der Waals surface area contributed by atoms with E-state index in [-0.39, 0.29) is 18.0 Å². The van der Waals surface area contributed by atoms with Gasteiger partial charge in [0.2, 0.25) is 5.91 Å². The molecule has 1 aromatic rings. The largest absolute Gasteiger partial charge is 0.349 e. The molecule has 1 saturated heterocycles. The van der Waals surface area contributed by atoms with Crippen LogP contribution in [-0.2, 0) is 11.3 Å². The van der Waals surface area contributed by atoms with E-state index in [1.54, 1.807) is 10.4 Å². The van der Waals surface area contributed by atoms with Crippen molar-refractivity contribution in [2.24, 2.45) is 0 Å². The molecule has 1 fully saturated rings. The summed E-state index contributed by atoms with van der Waals surface area (Å²) in [6, 6.07) is -0.515. The fourth-order valence-electron chi connectivity index (χ4n) is 2.16. The van der Waals surface area contributed by atoms with E-state index in [1.807, 2.05) is 12.3 Å². The molecular weight excluding hydrogens is 264 g/mol. The van der Waals surface area contributed by atoms with E-state index in [9.17, 15) is 9.59 Å². The summed E-state index contributed by atoms with van der Waals surface area (Å²) in [5, 5.41) is 7.48. The minimum absolute atomic E-state index is 0.100. The van der Waals surface area contributed by atoms with Gasteiger partial charge in [-0.25, -0.2) is 9.78 Å². The van der Waals surface area contributed by atoms with E-state index in [0.717, 1.165) is 18.5 Å². The normalized spacial score (nSPS) is 18.4. The maximum Gasteiger partial charge on any atom is 0.318 e. The molecule has 1 atom stereocenters. The lowest BCUT2D eigenvalue weighted by Crippen LogP contribution is -2.49. The first-order valence-corrected chi connectivity index (χ1v) is 7.36. The Hall–Kier alpha value is -1.63. The van der Waals surface area contributed by atoms with Crippen molar-refractivity contribution < 1.29 is 9.59 Å². The first kappa shape index (κ1) is 13.8. The molecule has 1 aliphatic heterocycles. The van der Waals surface area contributed by atoms with Crippen LogP contribution in [0.15, 0.2) is 10.9 Å². The molecule has 0 aliphatic carbocycles. The summed E-state index contributed by atoms with van der Waals surface area (Å²) >= 11 is 1.50. The van der Waals surface area contributed by atoms with E-state index < -0.39 is 0 Å². The maximum absolute atomic E-state index is 12.1. The molecule has 2 N–H and O–H groups in total. The zero-order chi connectivity index (χ0) is 13.7. The molecule has 1 unspecified atom stereocenters. The van der Waals surface area contributed by atoms with Crippen LogP contribution < -0.4 is 10.6 Å². The van der Waals surface area contributed by atoms with Gasteiger partial charge < -0.3 is 15.5 Å². The molecule has 0 bridgehead atoms. The molecule has 2 rings (SSSR count). The molecule has 104 valence electrons. The Kier molecular flexibility index (Phi) is 4.73. The van der Waals surface area contributed by atoms with Gasteiger partial charge in [0.15, 0.2) is 0 Å². The van der Waals surface area contributed by atoms with Gasteiger partial charge in [0.25, 0.3) is 0 Å². The Balaban J connectivity index is 1.88. The van der Waals surface area contributed by atoms with Crippen molar-refractivity contribution in [1.29, 1.82) is 0 Å². The van der Waals surface area contributed by atoms with Gasteiger partial charge >= 0.3 is 6.03 Å².